The average Bonchev–Trinajstić information content (AvgIpc) is 3.69. The number of carbonyl (C=O) groups is 3. The molecule has 1 amide bonds. The lowest BCUT2D eigenvalue weighted by Crippen LogP contribution is -2.31. The van der Waals surface area contributed by atoms with Crippen molar-refractivity contribution in [3.63, 3.8) is 0 Å². The van der Waals surface area contributed by atoms with E-state index in [1.165, 1.54) is 6.33 Å². The van der Waals surface area contributed by atoms with Crippen LogP contribution in [0.15, 0.2) is 73.1 Å². The highest BCUT2D eigenvalue weighted by molar-refractivity contribution is 5.97. The number of nitrogens with zero attached hydrogens (tertiary/aromatic N) is 3. The SMILES string of the molecule is CCN(CC)CCCC(=O)c1ccc(-c2ccc(C[C@H](CC(=O)C3CCC(CN)CC3)C(=O)Nc3ccc(-c4ncn[nH]4)cc3)cc2)c(C)c1. The maximum atomic E-state index is 13.8. The lowest BCUT2D eigenvalue weighted by molar-refractivity contribution is -0.129. The number of nitrogens with one attached hydrogen (secondary N) is 2. The van der Waals surface area contributed by atoms with Gasteiger partial charge in [-0.25, -0.2) is 4.98 Å². The van der Waals surface area contributed by atoms with Gasteiger partial charge in [-0.15, -0.1) is 0 Å². The monoisotopic (exact) mass is 676 g/mol. The average molecular weight is 677 g/mol. The number of Topliss-reactive ketones (excluding diaryl/α,β-unsaturated/α-hetero) is 2. The van der Waals surface area contributed by atoms with E-state index >= 15 is 0 Å². The summed E-state index contributed by atoms with van der Waals surface area (Å²) in [7, 11) is 0. The maximum Gasteiger partial charge on any atom is 0.228 e. The second-order valence-electron chi connectivity index (χ2n) is 13.7. The minimum atomic E-state index is -0.511. The summed E-state index contributed by atoms with van der Waals surface area (Å²) < 4.78 is 0. The molecule has 4 aromatic rings. The molecule has 0 bridgehead atoms. The molecule has 1 saturated carbocycles. The Balaban J connectivity index is 1.26. The van der Waals surface area contributed by atoms with Gasteiger partial charge in [-0.05, 0) is 130 Å². The van der Waals surface area contributed by atoms with E-state index in [4.69, 9.17) is 5.73 Å². The molecule has 0 radical (unpaired) electrons. The summed E-state index contributed by atoms with van der Waals surface area (Å²) in [4.78, 5) is 46.7. The summed E-state index contributed by atoms with van der Waals surface area (Å²) in [6.45, 7) is 9.94. The van der Waals surface area contributed by atoms with Crippen LogP contribution in [0.25, 0.3) is 22.5 Å². The Morgan fingerprint density at radius 3 is 2.26 bits per heavy atom. The van der Waals surface area contributed by atoms with Crippen molar-refractivity contribution in [3.8, 4) is 22.5 Å². The van der Waals surface area contributed by atoms with Crippen molar-refractivity contribution < 1.29 is 14.4 Å². The standard InChI is InChI=1S/C41H52N6O3/c1-4-47(5-2)22-6-7-38(48)34-18-21-37(28(3)23-34)31-12-8-29(9-13-31)24-35(25-39(49)32-14-10-30(26-42)11-15-32)41(50)45-36-19-16-33(17-20-36)40-43-27-44-46-40/h8-9,12-13,16-21,23,27,30,32,35H,4-7,10-11,14-15,22,24-26,42H2,1-3H3,(H,45,50)(H,43,44,46)/t30?,32?,35-/m1/s1. The number of aryl methyl sites for hydroxylation is 1. The number of carbonyl (C=O) groups excluding carboxylic acids is 3. The number of ketones is 2. The number of aromatic amines is 1. The lowest BCUT2D eigenvalue weighted by atomic mass is 9.77. The summed E-state index contributed by atoms with van der Waals surface area (Å²) >= 11 is 0. The Kier molecular flexibility index (Phi) is 13.2. The van der Waals surface area contributed by atoms with E-state index in [2.05, 4.69) is 51.4 Å². The molecule has 3 aromatic carbocycles. The smallest absolute Gasteiger partial charge is 0.228 e. The van der Waals surface area contributed by atoms with Crippen molar-refractivity contribution in [1.82, 2.24) is 20.1 Å². The van der Waals surface area contributed by atoms with Gasteiger partial charge in [0.05, 0.1) is 0 Å². The van der Waals surface area contributed by atoms with Crippen LogP contribution >= 0.6 is 0 Å². The highest BCUT2D eigenvalue weighted by Gasteiger charge is 2.30. The highest BCUT2D eigenvalue weighted by Crippen LogP contribution is 2.32. The molecule has 1 heterocycles. The van der Waals surface area contributed by atoms with Crippen molar-refractivity contribution in [1.29, 1.82) is 0 Å². The Morgan fingerprint density at radius 2 is 1.64 bits per heavy atom. The van der Waals surface area contributed by atoms with Crippen LogP contribution < -0.4 is 11.1 Å². The van der Waals surface area contributed by atoms with Crippen LogP contribution in [-0.2, 0) is 16.0 Å². The number of hydrogen-bond acceptors (Lipinski definition) is 7. The molecule has 0 saturated heterocycles. The number of benzene rings is 3. The van der Waals surface area contributed by atoms with Crippen LogP contribution in [-0.4, -0.2) is 63.7 Å². The number of H-pyrrole nitrogens is 1. The Labute approximate surface area is 296 Å². The highest BCUT2D eigenvalue weighted by atomic mass is 16.2. The molecule has 0 unspecified atom stereocenters. The minimum absolute atomic E-state index is 0.0168. The van der Waals surface area contributed by atoms with Gasteiger partial charge < -0.3 is 16.0 Å². The van der Waals surface area contributed by atoms with Crippen molar-refractivity contribution in [2.24, 2.45) is 23.5 Å². The predicted molar refractivity (Wildman–Crippen MR) is 200 cm³/mol. The molecule has 1 aromatic heterocycles. The van der Waals surface area contributed by atoms with Crippen molar-refractivity contribution in [2.75, 3.05) is 31.5 Å². The molecule has 5 rings (SSSR count). The van der Waals surface area contributed by atoms with Gasteiger partial charge in [0.15, 0.2) is 11.6 Å². The molecule has 9 heteroatoms. The number of amides is 1. The fourth-order valence-electron chi connectivity index (χ4n) is 7.10. The first kappa shape index (κ1) is 36.8. The number of rotatable bonds is 17. The first-order chi connectivity index (χ1) is 24.3. The first-order valence-electron chi connectivity index (χ1n) is 18.2. The zero-order valence-corrected chi connectivity index (χ0v) is 29.8. The second-order valence-corrected chi connectivity index (χ2v) is 13.7. The van der Waals surface area contributed by atoms with E-state index in [0.717, 1.165) is 85.1 Å². The van der Waals surface area contributed by atoms with Gasteiger partial charge in [0.1, 0.15) is 12.1 Å². The fraction of sp³-hybridized carbons (Fsp3) is 0.439. The third-order valence-corrected chi connectivity index (χ3v) is 10.4. The first-order valence-corrected chi connectivity index (χ1v) is 18.2. The molecule has 1 aliphatic carbocycles. The summed E-state index contributed by atoms with van der Waals surface area (Å²) in [5.74, 6) is 0.786. The quantitative estimate of drug-likeness (QED) is 0.100. The number of nitrogens with two attached hydrogens (primary N) is 1. The van der Waals surface area contributed by atoms with Crippen LogP contribution in [0, 0.1) is 24.7 Å². The number of hydrogen-bond donors (Lipinski definition) is 3. The van der Waals surface area contributed by atoms with Gasteiger partial charge in [0, 0.05) is 41.5 Å². The van der Waals surface area contributed by atoms with Gasteiger partial charge >= 0.3 is 0 Å². The van der Waals surface area contributed by atoms with E-state index in [1.807, 2.05) is 61.5 Å². The van der Waals surface area contributed by atoms with Crippen LogP contribution in [0.5, 0.6) is 0 Å². The van der Waals surface area contributed by atoms with Crippen molar-refractivity contribution in [3.05, 3.63) is 89.7 Å². The van der Waals surface area contributed by atoms with Crippen LogP contribution in [0.2, 0.25) is 0 Å². The molecule has 264 valence electrons. The second kappa shape index (κ2) is 18.0. The molecular formula is C41H52N6O3. The van der Waals surface area contributed by atoms with Gasteiger partial charge in [0.2, 0.25) is 5.91 Å². The van der Waals surface area contributed by atoms with E-state index < -0.39 is 5.92 Å². The van der Waals surface area contributed by atoms with Crippen LogP contribution in [0.1, 0.15) is 80.3 Å². The van der Waals surface area contributed by atoms with Gasteiger partial charge in [-0.1, -0.05) is 50.2 Å². The molecular weight excluding hydrogens is 624 g/mol. The summed E-state index contributed by atoms with van der Waals surface area (Å²) in [5, 5.41) is 9.81. The predicted octanol–water partition coefficient (Wildman–Crippen LogP) is 7.27. The maximum absolute atomic E-state index is 13.8. The van der Waals surface area contributed by atoms with Crippen LogP contribution in [0.3, 0.4) is 0 Å². The van der Waals surface area contributed by atoms with Crippen molar-refractivity contribution in [2.45, 2.75) is 72.1 Å². The Bertz CT molecular complexity index is 1690. The number of aromatic nitrogens is 3. The Morgan fingerprint density at radius 1 is 0.940 bits per heavy atom. The molecule has 1 fully saturated rings. The normalized spacial score (nSPS) is 16.7. The summed E-state index contributed by atoms with van der Waals surface area (Å²) in [5.41, 5.74) is 12.3. The van der Waals surface area contributed by atoms with E-state index in [-0.39, 0.29) is 29.8 Å². The molecule has 0 aliphatic heterocycles. The largest absolute Gasteiger partial charge is 0.330 e. The van der Waals surface area contributed by atoms with Crippen molar-refractivity contribution >= 4 is 23.2 Å². The molecule has 50 heavy (non-hydrogen) atoms. The zero-order valence-electron chi connectivity index (χ0n) is 29.8. The fourth-order valence-corrected chi connectivity index (χ4v) is 7.10. The van der Waals surface area contributed by atoms with E-state index in [1.54, 1.807) is 0 Å². The molecule has 9 nitrogen and oxygen atoms in total. The summed E-state index contributed by atoms with van der Waals surface area (Å²) in [6, 6.07) is 21.6. The van der Waals surface area contributed by atoms with Crippen LogP contribution in [0.4, 0.5) is 5.69 Å². The third kappa shape index (κ3) is 9.82. The minimum Gasteiger partial charge on any atom is -0.330 e. The van der Waals surface area contributed by atoms with Gasteiger partial charge in [0.25, 0.3) is 0 Å². The topological polar surface area (TPSA) is 134 Å². The Hall–Kier alpha value is -4.47. The number of anilines is 1. The van der Waals surface area contributed by atoms with Gasteiger partial charge in [-0.2, -0.15) is 5.10 Å². The molecule has 4 N–H and O–H groups in total. The molecule has 1 aliphatic rings. The third-order valence-electron chi connectivity index (χ3n) is 10.4. The van der Waals surface area contributed by atoms with E-state index in [9.17, 15) is 14.4 Å². The van der Waals surface area contributed by atoms with E-state index in [0.29, 0.717) is 36.8 Å². The summed E-state index contributed by atoms with van der Waals surface area (Å²) in [6.07, 6.45) is 7.12. The molecule has 1 atom stereocenters. The lowest BCUT2D eigenvalue weighted by Gasteiger charge is -2.27. The molecule has 0 spiro atoms. The van der Waals surface area contributed by atoms with Gasteiger partial charge in [-0.3, -0.25) is 19.5 Å². The zero-order chi connectivity index (χ0) is 35.5.